The third kappa shape index (κ3) is 5.27. The van der Waals surface area contributed by atoms with Crippen LogP contribution in [0.2, 0.25) is 0 Å². The number of ether oxygens (including phenoxy) is 1. The Kier molecular flexibility index (Phi) is 6.55. The summed E-state index contributed by atoms with van der Waals surface area (Å²) in [6.45, 7) is 0.805. The van der Waals surface area contributed by atoms with Crippen LogP contribution in [-0.2, 0) is 30.8 Å². The van der Waals surface area contributed by atoms with Crippen molar-refractivity contribution >= 4 is 21.9 Å². The van der Waals surface area contributed by atoms with Crippen LogP contribution < -0.4 is 0 Å². The second-order valence-corrected chi connectivity index (χ2v) is 8.17. The van der Waals surface area contributed by atoms with Crippen molar-refractivity contribution in [2.75, 3.05) is 33.8 Å². The summed E-state index contributed by atoms with van der Waals surface area (Å²) in [6, 6.07) is 6.23. The largest absolute Gasteiger partial charge is 0.455 e. The van der Waals surface area contributed by atoms with Crippen LogP contribution in [0.5, 0.6) is 0 Å². The SMILES string of the molecule is CN(C)C(=O)COC(=O)Cc1ccc(S(=O)(=O)N2CCCCC2)cc1. The third-order valence-electron chi connectivity index (χ3n) is 4.08. The van der Waals surface area contributed by atoms with E-state index in [0.717, 1.165) is 19.3 Å². The molecule has 7 nitrogen and oxygen atoms in total. The van der Waals surface area contributed by atoms with Crippen molar-refractivity contribution in [3.05, 3.63) is 29.8 Å². The van der Waals surface area contributed by atoms with Crippen LogP contribution in [-0.4, -0.2) is 63.3 Å². The topological polar surface area (TPSA) is 84.0 Å². The van der Waals surface area contributed by atoms with Crippen LogP contribution in [0.3, 0.4) is 0 Å². The van der Waals surface area contributed by atoms with E-state index in [0.29, 0.717) is 18.7 Å². The number of hydrogen-bond donors (Lipinski definition) is 0. The first-order valence-electron chi connectivity index (χ1n) is 8.25. The number of amides is 1. The van der Waals surface area contributed by atoms with Crippen LogP contribution in [0.25, 0.3) is 0 Å². The van der Waals surface area contributed by atoms with E-state index in [1.165, 1.54) is 21.3 Å². The van der Waals surface area contributed by atoms with Gasteiger partial charge in [-0.2, -0.15) is 4.31 Å². The summed E-state index contributed by atoms with van der Waals surface area (Å²) in [7, 11) is -0.309. The number of sulfonamides is 1. The maximum Gasteiger partial charge on any atom is 0.310 e. The quantitative estimate of drug-likeness (QED) is 0.701. The molecule has 1 heterocycles. The Labute approximate surface area is 148 Å². The number of likely N-dealkylation sites (N-methyl/N-ethyl adjacent to an activating group) is 1. The first-order chi connectivity index (χ1) is 11.8. The lowest BCUT2D eigenvalue weighted by molar-refractivity contribution is -0.150. The van der Waals surface area contributed by atoms with E-state index in [9.17, 15) is 18.0 Å². The summed E-state index contributed by atoms with van der Waals surface area (Å²) in [6.07, 6.45) is 2.82. The van der Waals surface area contributed by atoms with Crippen LogP contribution in [0, 0.1) is 0 Å². The maximum absolute atomic E-state index is 12.6. The predicted octanol–water partition coefficient (Wildman–Crippen LogP) is 1.04. The summed E-state index contributed by atoms with van der Waals surface area (Å²) >= 11 is 0. The highest BCUT2D eigenvalue weighted by Crippen LogP contribution is 2.21. The summed E-state index contributed by atoms with van der Waals surface area (Å²) in [5, 5.41) is 0. The monoisotopic (exact) mass is 368 g/mol. The molecule has 1 aliphatic heterocycles. The molecular formula is C17H24N2O5S. The van der Waals surface area contributed by atoms with Crippen molar-refractivity contribution in [2.24, 2.45) is 0 Å². The molecule has 0 unspecified atom stereocenters. The number of carbonyl (C=O) groups is 2. The lowest BCUT2D eigenvalue weighted by atomic mass is 10.1. The highest BCUT2D eigenvalue weighted by molar-refractivity contribution is 7.89. The second kappa shape index (κ2) is 8.44. The van der Waals surface area contributed by atoms with Gasteiger partial charge in [-0.1, -0.05) is 18.6 Å². The Morgan fingerprint density at radius 2 is 1.68 bits per heavy atom. The Hall–Kier alpha value is -1.93. The molecule has 1 amide bonds. The molecule has 0 radical (unpaired) electrons. The van der Waals surface area contributed by atoms with E-state index in [2.05, 4.69) is 0 Å². The normalized spacial score (nSPS) is 15.6. The molecule has 0 saturated carbocycles. The average molecular weight is 368 g/mol. The first kappa shape index (κ1) is 19.4. The van der Waals surface area contributed by atoms with Gasteiger partial charge in [0.25, 0.3) is 5.91 Å². The minimum absolute atomic E-state index is 0.00918. The van der Waals surface area contributed by atoms with Crippen LogP contribution in [0.1, 0.15) is 24.8 Å². The Balaban J connectivity index is 1.95. The zero-order valence-corrected chi connectivity index (χ0v) is 15.4. The van der Waals surface area contributed by atoms with Crippen molar-refractivity contribution in [1.29, 1.82) is 0 Å². The minimum Gasteiger partial charge on any atom is -0.455 e. The number of carbonyl (C=O) groups excluding carboxylic acids is 2. The Morgan fingerprint density at radius 3 is 2.24 bits per heavy atom. The molecule has 0 aromatic heterocycles. The van der Waals surface area contributed by atoms with Crippen molar-refractivity contribution in [1.82, 2.24) is 9.21 Å². The molecule has 1 saturated heterocycles. The molecule has 8 heteroatoms. The smallest absolute Gasteiger partial charge is 0.310 e. The van der Waals surface area contributed by atoms with Gasteiger partial charge in [0.05, 0.1) is 11.3 Å². The maximum atomic E-state index is 12.6. The van der Waals surface area contributed by atoms with Gasteiger partial charge in [0.15, 0.2) is 6.61 Å². The molecule has 1 aliphatic rings. The van der Waals surface area contributed by atoms with Crippen molar-refractivity contribution in [3.8, 4) is 0 Å². The summed E-state index contributed by atoms with van der Waals surface area (Å²) in [5.41, 5.74) is 0.639. The molecule has 1 aromatic rings. The number of rotatable bonds is 6. The van der Waals surface area contributed by atoms with Crippen LogP contribution >= 0.6 is 0 Å². The molecular weight excluding hydrogens is 344 g/mol. The van der Waals surface area contributed by atoms with E-state index < -0.39 is 16.0 Å². The van der Waals surface area contributed by atoms with E-state index >= 15 is 0 Å². The van der Waals surface area contributed by atoms with Gasteiger partial charge in [-0.05, 0) is 30.5 Å². The molecule has 25 heavy (non-hydrogen) atoms. The number of piperidine rings is 1. The third-order valence-corrected chi connectivity index (χ3v) is 5.99. The fourth-order valence-corrected chi connectivity index (χ4v) is 4.04. The molecule has 0 atom stereocenters. The lowest BCUT2D eigenvalue weighted by Crippen LogP contribution is -2.35. The van der Waals surface area contributed by atoms with E-state index in [1.54, 1.807) is 26.2 Å². The molecule has 0 spiro atoms. The van der Waals surface area contributed by atoms with Gasteiger partial charge in [-0.25, -0.2) is 8.42 Å². The number of nitrogens with zero attached hydrogens (tertiary/aromatic N) is 2. The van der Waals surface area contributed by atoms with Crippen molar-refractivity contribution in [3.63, 3.8) is 0 Å². The van der Waals surface area contributed by atoms with Gasteiger partial charge < -0.3 is 9.64 Å². The minimum atomic E-state index is -3.47. The van der Waals surface area contributed by atoms with Crippen molar-refractivity contribution in [2.45, 2.75) is 30.6 Å². The van der Waals surface area contributed by atoms with Gasteiger partial charge in [0.2, 0.25) is 10.0 Å². The van der Waals surface area contributed by atoms with Gasteiger partial charge in [-0.3, -0.25) is 9.59 Å². The highest BCUT2D eigenvalue weighted by atomic mass is 32.2. The summed E-state index contributed by atoms with van der Waals surface area (Å²) < 4.78 is 31.5. The summed E-state index contributed by atoms with van der Waals surface area (Å²) in [4.78, 5) is 24.7. The fourth-order valence-electron chi connectivity index (χ4n) is 2.52. The molecule has 0 aliphatic carbocycles. The molecule has 0 N–H and O–H groups in total. The Bertz CT molecular complexity index is 707. The van der Waals surface area contributed by atoms with Gasteiger partial charge in [-0.15, -0.1) is 0 Å². The standard InChI is InChI=1S/C17H24N2O5S/c1-18(2)16(20)13-24-17(21)12-14-6-8-15(9-7-14)25(22,23)19-10-4-3-5-11-19/h6-9H,3-5,10-13H2,1-2H3. The zero-order chi connectivity index (χ0) is 18.4. The second-order valence-electron chi connectivity index (χ2n) is 6.23. The lowest BCUT2D eigenvalue weighted by Gasteiger charge is -2.25. The molecule has 138 valence electrons. The predicted molar refractivity (Wildman–Crippen MR) is 92.4 cm³/mol. The highest BCUT2D eigenvalue weighted by Gasteiger charge is 2.25. The fraction of sp³-hybridized carbons (Fsp3) is 0.529. The van der Waals surface area contributed by atoms with Gasteiger partial charge in [0, 0.05) is 27.2 Å². The number of hydrogen-bond acceptors (Lipinski definition) is 5. The molecule has 1 aromatic carbocycles. The average Bonchev–Trinajstić information content (AvgIpc) is 2.60. The van der Waals surface area contributed by atoms with E-state index in [4.69, 9.17) is 4.74 Å². The Morgan fingerprint density at radius 1 is 1.08 bits per heavy atom. The first-order valence-corrected chi connectivity index (χ1v) is 9.69. The molecule has 0 bridgehead atoms. The van der Waals surface area contributed by atoms with E-state index in [-0.39, 0.29) is 23.8 Å². The molecule has 2 rings (SSSR count). The van der Waals surface area contributed by atoms with Gasteiger partial charge >= 0.3 is 5.97 Å². The number of esters is 1. The van der Waals surface area contributed by atoms with Crippen molar-refractivity contribution < 1.29 is 22.7 Å². The summed E-state index contributed by atoms with van der Waals surface area (Å²) in [5.74, 6) is -0.821. The van der Waals surface area contributed by atoms with Crippen LogP contribution in [0.4, 0.5) is 0 Å². The number of benzene rings is 1. The van der Waals surface area contributed by atoms with E-state index in [1.807, 2.05) is 0 Å². The zero-order valence-electron chi connectivity index (χ0n) is 14.6. The molecule has 1 fully saturated rings. The van der Waals surface area contributed by atoms with Crippen LogP contribution in [0.15, 0.2) is 29.2 Å². The van der Waals surface area contributed by atoms with Gasteiger partial charge in [0.1, 0.15) is 0 Å².